The van der Waals surface area contributed by atoms with Crippen LogP contribution in [0.4, 0.5) is 39.5 Å². The summed E-state index contributed by atoms with van der Waals surface area (Å²) in [6, 6.07) is 0.258. The van der Waals surface area contributed by atoms with Crippen LogP contribution in [0.1, 0.15) is 11.4 Å². The summed E-state index contributed by atoms with van der Waals surface area (Å²) in [4.78, 5) is 5.74. The summed E-state index contributed by atoms with van der Waals surface area (Å²) in [5.41, 5.74) is -3.18. The van der Waals surface area contributed by atoms with Crippen molar-refractivity contribution in [1.29, 1.82) is 0 Å². The monoisotopic (exact) mass is 387 g/mol. The Bertz CT molecular complexity index is 780. The van der Waals surface area contributed by atoms with Crippen molar-refractivity contribution < 1.29 is 44.7 Å². The highest BCUT2D eigenvalue weighted by molar-refractivity contribution is 6.21. The van der Waals surface area contributed by atoms with Gasteiger partial charge in [-0.05, 0) is 17.7 Å². The van der Waals surface area contributed by atoms with Crippen LogP contribution in [0, 0.1) is 0 Å². The Morgan fingerprint density at radius 3 is 2.00 bits per heavy atom. The molecule has 2 aromatic heterocycles. The molecule has 0 saturated heterocycles. The molecule has 0 unspecified atom stereocenters. The van der Waals surface area contributed by atoms with E-state index in [0.717, 1.165) is 0 Å². The van der Waals surface area contributed by atoms with Gasteiger partial charge in [0, 0.05) is 6.20 Å². The van der Waals surface area contributed by atoms with Crippen molar-refractivity contribution >= 4 is 22.8 Å². The largest absolute Gasteiger partial charge is 0.460 e. The molecule has 0 radical (unpaired) electrons. The maximum atomic E-state index is 13.5. The van der Waals surface area contributed by atoms with Gasteiger partial charge in [-0.2, -0.15) is 44.2 Å². The molecule has 0 atom stereocenters. The molecule has 14 heteroatoms. The first-order valence-corrected chi connectivity index (χ1v) is 5.96. The van der Waals surface area contributed by atoms with Crippen LogP contribution in [0.2, 0.25) is 0 Å². The van der Waals surface area contributed by atoms with E-state index in [1.54, 1.807) is 0 Å². The minimum atomic E-state index is -6.67. The lowest BCUT2D eigenvalue weighted by Crippen LogP contribution is -2.51. The normalized spacial score (nSPS) is 14.4. The SMILES string of the molecule is On1c(C(F)(F)C(F)(F)C(F)(F)F)nc2ncc(C(F)(F)Cl)cc21. The van der Waals surface area contributed by atoms with Gasteiger partial charge in [-0.25, -0.2) is 9.97 Å². The van der Waals surface area contributed by atoms with Crippen LogP contribution in [-0.4, -0.2) is 32.0 Å². The molecule has 4 nitrogen and oxygen atoms in total. The number of fused-ring (bicyclic) bond motifs is 1. The summed E-state index contributed by atoms with van der Waals surface area (Å²) in [5, 5.41) is 5.32. The first-order valence-electron chi connectivity index (χ1n) is 5.58. The fraction of sp³-hybridized carbons (Fsp3) is 0.400. The zero-order valence-electron chi connectivity index (χ0n) is 10.7. The zero-order valence-corrected chi connectivity index (χ0v) is 11.5. The molecule has 0 bridgehead atoms. The molecule has 0 amide bonds. The van der Waals surface area contributed by atoms with E-state index >= 15 is 0 Å². The van der Waals surface area contributed by atoms with Crippen molar-refractivity contribution in [3.05, 3.63) is 23.7 Å². The van der Waals surface area contributed by atoms with Gasteiger partial charge in [0.2, 0.25) is 5.82 Å². The fourth-order valence-electron chi connectivity index (χ4n) is 1.63. The minimum absolute atomic E-state index is 0.258. The lowest BCUT2D eigenvalue weighted by atomic mass is 10.1. The van der Waals surface area contributed by atoms with Crippen molar-refractivity contribution in [3.8, 4) is 0 Å². The molecular weight excluding hydrogens is 385 g/mol. The van der Waals surface area contributed by atoms with Crippen LogP contribution in [0.25, 0.3) is 11.2 Å². The Hall–Kier alpha value is -1.92. The number of halogens is 10. The number of aromatic nitrogens is 3. The molecular formula is C10H3ClF9N3O. The van der Waals surface area contributed by atoms with E-state index in [0.29, 0.717) is 6.20 Å². The molecule has 0 saturated carbocycles. The van der Waals surface area contributed by atoms with Crippen LogP contribution < -0.4 is 0 Å². The second-order valence-corrected chi connectivity index (χ2v) is 4.93. The zero-order chi connectivity index (χ0) is 18.7. The third kappa shape index (κ3) is 2.59. The predicted molar refractivity (Wildman–Crippen MR) is 59.4 cm³/mol. The average molecular weight is 388 g/mol. The number of hydrogen-bond acceptors (Lipinski definition) is 3. The van der Waals surface area contributed by atoms with Gasteiger partial charge in [-0.15, -0.1) is 0 Å². The summed E-state index contributed by atoms with van der Waals surface area (Å²) in [5.74, 6) is -15.0. The summed E-state index contributed by atoms with van der Waals surface area (Å²) in [6.45, 7) is 0. The van der Waals surface area contributed by atoms with Gasteiger partial charge in [-0.3, -0.25) is 0 Å². The van der Waals surface area contributed by atoms with Gasteiger partial charge in [0.1, 0.15) is 5.52 Å². The van der Waals surface area contributed by atoms with Gasteiger partial charge >= 0.3 is 23.4 Å². The molecule has 134 valence electrons. The Kier molecular flexibility index (Phi) is 3.87. The van der Waals surface area contributed by atoms with E-state index in [1.807, 2.05) is 0 Å². The average Bonchev–Trinajstić information content (AvgIpc) is 2.74. The molecule has 0 aliphatic rings. The summed E-state index contributed by atoms with van der Waals surface area (Å²) in [6.07, 6.45) is -6.34. The molecule has 0 aromatic carbocycles. The summed E-state index contributed by atoms with van der Waals surface area (Å²) >= 11 is 4.64. The van der Waals surface area contributed by atoms with Crippen LogP contribution in [0.5, 0.6) is 0 Å². The number of alkyl halides is 10. The third-order valence-corrected chi connectivity index (χ3v) is 3.06. The molecule has 1 N–H and O–H groups in total. The van der Waals surface area contributed by atoms with Crippen molar-refractivity contribution in [1.82, 2.24) is 14.7 Å². The first kappa shape index (κ1) is 18.4. The second-order valence-electron chi connectivity index (χ2n) is 4.46. The second kappa shape index (κ2) is 5.04. The molecule has 2 aromatic rings. The molecule has 2 heterocycles. The van der Waals surface area contributed by atoms with E-state index in [9.17, 15) is 44.7 Å². The molecule has 24 heavy (non-hydrogen) atoms. The van der Waals surface area contributed by atoms with Gasteiger partial charge < -0.3 is 5.21 Å². The summed E-state index contributed by atoms with van der Waals surface area (Å²) in [7, 11) is 0. The van der Waals surface area contributed by atoms with Crippen LogP contribution in [-0.2, 0) is 11.3 Å². The molecule has 0 fully saturated rings. The number of nitrogens with zero attached hydrogens (tertiary/aromatic N) is 3. The molecule has 0 aliphatic carbocycles. The highest BCUT2D eigenvalue weighted by Crippen LogP contribution is 2.51. The van der Waals surface area contributed by atoms with Crippen LogP contribution in [0.15, 0.2) is 12.3 Å². The maximum Gasteiger partial charge on any atom is 0.460 e. The number of rotatable bonds is 3. The van der Waals surface area contributed by atoms with Crippen molar-refractivity contribution in [2.24, 2.45) is 0 Å². The van der Waals surface area contributed by atoms with E-state index in [-0.39, 0.29) is 6.07 Å². The smallest absolute Gasteiger partial charge is 0.426 e. The number of imidazole rings is 1. The van der Waals surface area contributed by atoms with E-state index in [2.05, 4.69) is 21.6 Å². The highest BCUT2D eigenvalue weighted by Gasteiger charge is 2.75. The quantitative estimate of drug-likeness (QED) is 0.487. The van der Waals surface area contributed by atoms with E-state index in [4.69, 9.17) is 0 Å². The van der Waals surface area contributed by atoms with Crippen LogP contribution >= 0.6 is 11.6 Å². The highest BCUT2D eigenvalue weighted by atomic mass is 35.5. The molecule has 2 rings (SSSR count). The van der Waals surface area contributed by atoms with Gasteiger partial charge in [0.25, 0.3) is 0 Å². The Morgan fingerprint density at radius 2 is 1.54 bits per heavy atom. The third-order valence-electron chi connectivity index (χ3n) is 2.85. The van der Waals surface area contributed by atoms with Crippen molar-refractivity contribution in [2.45, 2.75) is 23.4 Å². The van der Waals surface area contributed by atoms with Gasteiger partial charge in [0.15, 0.2) is 5.65 Å². The fourth-order valence-corrected chi connectivity index (χ4v) is 1.73. The molecule has 0 spiro atoms. The van der Waals surface area contributed by atoms with Gasteiger partial charge in [0.05, 0.1) is 5.56 Å². The number of hydrogen-bond donors (Lipinski definition) is 1. The van der Waals surface area contributed by atoms with Gasteiger partial charge in [-0.1, -0.05) is 0 Å². The predicted octanol–water partition coefficient (Wildman–Crippen LogP) is 4.25. The van der Waals surface area contributed by atoms with Crippen molar-refractivity contribution in [3.63, 3.8) is 0 Å². The Morgan fingerprint density at radius 1 is 1.00 bits per heavy atom. The Balaban J connectivity index is 2.68. The van der Waals surface area contributed by atoms with E-state index < -0.39 is 50.7 Å². The maximum absolute atomic E-state index is 13.5. The van der Waals surface area contributed by atoms with Crippen LogP contribution in [0.3, 0.4) is 0 Å². The lowest BCUT2D eigenvalue weighted by molar-refractivity contribution is -0.362. The lowest BCUT2D eigenvalue weighted by Gasteiger charge is -2.26. The topological polar surface area (TPSA) is 50.9 Å². The van der Waals surface area contributed by atoms with Crippen molar-refractivity contribution in [2.75, 3.05) is 0 Å². The molecule has 0 aliphatic heterocycles. The number of pyridine rings is 1. The Labute approximate surface area is 130 Å². The standard InChI is InChI=1S/C10H3ClF9N3O/c11-8(14,15)3-1-4-5(21-2-3)22-6(23(4)24)7(12,13)9(16,17)10(18,19)20/h1-2,24H. The summed E-state index contributed by atoms with van der Waals surface area (Å²) < 4.78 is 114. The van der Waals surface area contributed by atoms with E-state index in [1.165, 1.54) is 0 Å². The first-order chi connectivity index (χ1) is 10.6. The minimum Gasteiger partial charge on any atom is -0.426 e.